The van der Waals surface area contributed by atoms with Crippen molar-refractivity contribution in [2.24, 2.45) is 0 Å². The Bertz CT molecular complexity index is 633. The molecule has 0 fully saturated rings. The molecule has 2 N–H and O–H groups in total. The molecule has 0 aliphatic rings. The van der Waals surface area contributed by atoms with Crippen molar-refractivity contribution >= 4 is 5.69 Å². The van der Waals surface area contributed by atoms with E-state index in [-0.39, 0.29) is 0 Å². The highest BCUT2D eigenvalue weighted by atomic mass is 14.5. The van der Waals surface area contributed by atoms with Crippen molar-refractivity contribution < 1.29 is 0 Å². The normalized spacial score (nSPS) is 11.2. The van der Waals surface area contributed by atoms with Crippen molar-refractivity contribution in [1.29, 1.82) is 10.5 Å². The second kappa shape index (κ2) is 5.03. The molecule has 2 rings (SSSR count). The molecule has 0 aliphatic carbocycles. The summed E-state index contributed by atoms with van der Waals surface area (Å²) in [7, 11) is 0. The summed E-state index contributed by atoms with van der Waals surface area (Å²) in [4.78, 5) is 0. The number of nitrogens with two attached hydrogens (primary N) is 1. The summed E-state index contributed by atoms with van der Waals surface area (Å²) in [6.45, 7) is 0. The zero-order valence-corrected chi connectivity index (χ0v) is 9.67. The van der Waals surface area contributed by atoms with E-state index in [1.165, 1.54) is 0 Å². The summed E-state index contributed by atoms with van der Waals surface area (Å²) < 4.78 is 0. The molecule has 3 nitrogen and oxygen atoms in total. The summed E-state index contributed by atoms with van der Waals surface area (Å²) in [5.74, 6) is -0.443. The molecule has 0 radical (unpaired) electrons. The van der Waals surface area contributed by atoms with Crippen LogP contribution in [0.2, 0.25) is 0 Å². The number of hydrogen-bond acceptors (Lipinski definition) is 3. The minimum Gasteiger partial charge on any atom is -0.399 e. The van der Waals surface area contributed by atoms with Crippen molar-refractivity contribution in [3.05, 3.63) is 65.2 Å². The highest BCUT2D eigenvalue weighted by Crippen LogP contribution is 2.27. The third-order valence-electron chi connectivity index (χ3n) is 2.77. The number of nitrogens with zero attached hydrogens (tertiary/aromatic N) is 2. The van der Waals surface area contributed by atoms with Crippen molar-refractivity contribution in [2.45, 2.75) is 5.92 Å². The van der Waals surface area contributed by atoms with Gasteiger partial charge < -0.3 is 5.73 Å². The van der Waals surface area contributed by atoms with Crippen LogP contribution < -0.4 is 5.73 Å². The van der Waals surface area contributed by atoms with Crippen LogP contribution >= 0.6 is 0 Å². The van der Waals surface area contributed by atoms with Crippen LogP contribution in [0.4, 0.5) is 5.69 Å². The molecule has 0 saturated carbocycles. The van der Waals surface area contributed by atoms with Gasteiger partial charge in [0, 0.05) is 5.69 Å². The van der Waals surface area contributed by atoms with E-state index in [1.54, 1.807) is 18.2 Å². The zero-order valence-electron chi connectivity index (χ0n) is 9.67. The Morgan fingerprint density at radius 1 is 1.00 bits per heavy atom. The lowest BCUT2D eigenvalue weighted by Gasteiger charge is -2.11. The molecule has 0 bridgehead atoms. The molecule has 1 atom stereocenters. The van der Waals surface area contributed by atoms with E-state index in [2.05, 4.69) is 12.1 Å². The predicted octanol–water partition coefficient (Wildman–Crippen LogP) is 2.80. The molecule has 2 aromatic carbocycles. The average molecular weight is 233 g/mol. The maximum Gasteiger partial charge on any atom is 0.0995 e. The van der Waals surface area contributed by atoms with Crippen LogP contribution in [0.15, 0.2) is 48.5 Å². The fraction of sp³-hybridized carbons (Fsp3) is 0.0667. The summed E-state index contributed by atoms with van der Waals surface area (Å²) in [5.41, 5.74) is 8.20. The molecule has 0 aromatic heterocycles. The van der Waals surface area contributed by atoms with Gasteiger partial charge in [0.25, 0.3) is 0 Å². The lowest BCUT2D eigenvalue weighted by molar-refractivity contribution is 1.03. The number of nitrogen functional groups attached to an aromatic ring is 1. The molecular formula is C15H11N3. The van der Waals surface area contributed by atoms with E-state index in [9.17, 15) is 5.26 Å². The van der Waals surface area contributed by atoms with E-state index in [0.29, 0.717) is 16.8 Å². The van der Waals surface area contributed by atoms with Crippen molar-refractivity contribution in [1.82, 2.24) is 0 Å². The van der Waals surface area contributed by atoms with Gasteiger partial charge in [0.1, 0.15) is 0 Å². The van der Waals surface area contributed by atoms with Gasteiger partial charge in [0.05, 0.1) is 23.6 Å². The van der Waals surface area contributed by atoms with Gasteiger partial charge >= 0.3 is 0 Å². The fourth-order valence-corrected chi connectivity index (χ4v) is 1.89. The largest absolute Gasteiger partial charge is 0.399 e. The first kappa shape index (κ1) is 11.7. The fourth-order valence-electron chi connectivity index (χ4n) is 1.89. The minimum atomic E-state index is -0.443. The van der Waals surface area contributed by atoms with Gasteiger partial charge in [-0.15, -0.1) is 0 Å². The maximum absolute atomic E-state index is 9.33. The van der Waals surface area contributed by atoms with Crippen LogP contribution in [-0.2, 0) is 0 Å². The summed E-state index contributed by atoms with van der Waals surface area (Å²) in [5, 5.41) is 18.5. The van der Waals surface area contributed by atoms with Crippen LogP contribution in [0.5, 0.6) is 0 Å². The van der Waals surface area contributed by atoms with Crippen LogP contribution in [-0.4, -0.2) is 0 Å². The van der Waals surface area contributed by atoms with Crippen molar-refractivity contribution in [3.63, 3.8) is 0 Å². The molecule has 0 aliphatic heterocycles. The molecule has 0 spiro atoms. The highest BCUT2D eigenvalue weighted by molar-refractivity contribution is 5.54. The van der Waals surface area contributed by atoms with Crippen LogP contribution in [0, 0.1) is 22.7 Å². The van der Waals surface area contributed by atoms with E-state index in [4.69, 9.17) is 11.0 Å². The second-order valence-electron chi connectivity index (χ2n) is 3.93. The van der Waals surface area contributed by atoms with Gasteiger partial charge in [0.15, 0.2) is 0 Å². The van der Waals surface area contributed by atoms with Crippen molar-refractivity contribution in [3.8, 4) is 12.1 Å². The van der Waals surface area contributed by atoms with Gasteiger partial charge in [-0.25, -0.2) is 0 Å². The van der Waals surface area contributed by atoms with E-state index in [1.807, 2.05) is 30.3 Å². The molecule has 18 heavy (non-hydrogen) atoms. The quantitative estimate of drug-likeness (QED) is 0.810. The topological polar surface area (TPSA) is 73.6 Å². The van der Waals surface area contributed by atoms with E-state index < -0.39 is 5.92 Å². The van der Waals surface area contributed by atoms with E-state index >= 15 is 0 Å². The Morgan fingerprint density at radius 2 is 1.72 bits per heavy atom. The Morgan fingerprint density at radius 3 is 2.33 bits per heavy atom. The third-order valence-corrected chi connectivity index (χ3v) is 2.77. The first-order valence-electron chi connectivity index (χ1n) is 5.50. The van der Waals surface area contributed by atoms with Crippen LogP contribution in [0.25, 0.3) is 0 Å². The number of hydrogen-bond donors (Lipinski definition) is 1. The van der Waals surface area contributed by atoms with Gasteiger partial charge in [-0.3, -0.25) is 0 Å². The first-order valence-corrected chi connectivity index (χ1v) is 5.50. The smallest absolute Gasteiger partial charge is 0.0995 e. The second-order valence-corrected chi connectivity index (χ2v) is 3.93. The Kier molecular flexibility index (Phi) is 3.27. The predicted molar refractivity (Wildman–Crippen MR) is 69.5 cm³/mol. The zero-order chi connectivity index (χ0) is 13.0. The average Bonchev–Trinajstić information content (AvgIpc) is 2.42. The standard InChI is InChI=1S/C15H11N3/c16-9-12-8-13(18)6-7-14(12)15(10-17)11-4-2-1-3-5-11/h1-8,15H,18H2. The van der Waals surface area contributed by atoms with E-state index in [0.717, 1.165) is 5.56 Å². The first-order chi connectivity index (χ1) is 8.76. The lowest BCUT2D eigenvalue weighted by atomic mass is 9.89. The molecule has 3 heteroatoms. The number of anilines is 1. The number of nitriles is 2. The summed E-state index contributed by atoms with van der Waals surface area (Å²) >= 11 is 0. The van der Waals surface area contributed by atoms with Gasteiger partial charge in [-0.1, -0.05) is 36.4 Å². The maximum atomic E-state index is 9.33. The molecule has 2 aromatic rings. The van der Waals surface area contributed by atoms with Crippen LogP contribution in [0.3, 0.4) is 0 Å². The van der Waals surface area contributed by atoms with Gasteiger partial charge in [0.2, 0.25) is 0 Å². The molecule has 0 saturated heterocycles. The molecule has 0 amide bonds. The lowest BCUT2D eigenvalue weighted by Crippen LogP contribution is -2.02. The number of benzene rings is 2. The molecule has 1 unspecified atom stereocenters. The minimum absolute atomic E-state index is 0.443. The molecule has 0 heterocycles. The SMILES string of the molecule is N#Cc1cc(N)ccc1C(C#N)c1ccccc1. The summed E-state index contributed by atoms with van der Waals surface area (Å²) in [6.07, 6.45) is 0. The Hall–Kier alpha value is -2.78. The molecule has 86 valence electrons. The summed E-state index contributed by atoms with van der Waals surface area (Å²) in [6, 6.07) is 18.8. The number of rotatable bonds is 2. The Balaban J connectivity index is 2.54. The van der Waals surface area contributed by atoms with Gasteiger partial charge in [-0.2, -0.15) is 10.5 Å². The third kappa shape index (κ3) is 2.16. The Labute approximate surface area is 106 Å². The monoisotopic (exact) mass is 233 g/mol. The van der Waals surface area contributed by atoms with Crippen LogP contribution in [0.1, 0.15) is 22.6 Å². The van der Waals surface area contributed by atoms with Gasteiger partial charge in [-0.05, 0) is 23.3 Å². The molecular weight excluding hydrogens is 222 g/mol. The van der Waals surface area contributed by atoms with Crippen molar-refractivity contribution in [2.75, 3.05) is 5.73 Å². The highest BCUT2D eigenvalue weighted by Gasteiger charge is 2.16.